The minimum absolute atomic E-state index is 0.0867. The van der Waals surface area contributed by atoms with E-state index in [1.54, 1.807) is 18.2 Å². The molecule has 1 atom stereocenters. The van der Waals surface area contributed by atoms with Gasteiger partial charge in [-0.25, -0.2) is 9.79 Å². The minimum Gasteiger partial charge on any atom is -0.490 e. The van der Waals surface area contributed by atoms with E-state index in [2.05, 4.69) is 11.9 Å². The molecule has 0 radical (unpaired) electrons. The molecule has 136 valence electrons. The first-order valence-electron chi connectivity index (χ1n) is 8.60. The zero-order valence-corrected chi connectivity index (χ0v) is 15.0. The SMILES string of the molecule is CCOc1cc(/C=C2\N=C(c3ccco3)OC2=O)ccc1OC(C)CC. The molecule has 0 amide bonds. The quantitative estimate of drug-likeness (QED) is 0.550. The molecule has 26 heavy (non-hydrogen) atoms. The molecule has 1 aliphatic rings. The summed E-state index contributed by atoms with van der Waals surface area (Å²) in [4.78, 5) is 16.3. The summed E-state index contributed by atoms with van der Waals surface area (Å²) >= 11 is 0. The van der Waals surface area contributed by atoms with Gasteiger partial charge >= 0.3 is 5.97 Å². The summed E-state index contributed by atoms with van der Waals surface area (Å²) in [5.41, 5.74) is 0.968. The van der Waals surface area contributed by atoms with E-state index in [9.17, 15) is 4.79 Å². The first-order valence-corrected chi connectivity index (χ1v) is 8.60. The molecule has 0 bridgehead atoms. The number of aliphatic imine (C=N–C) groups is 1. The lowest BCUT2D eigenvalue weighted by Crippen LogP contribution is -2.10. The lowest BCUT2D eigenvalue weighted by atomic mass is 10.1. The molecule has 1 aromatic heterocycles. The molecule has 2 aromatic rings. The van der Waals surface area contributed by atoms with Crippen LogP contribution in [0.15, 0.2) is 51.7 Å². The highest BCUT2D eigenvalue weighted by molar-refractivity contribution is 6.11. The summed E-state index contributed by atoms with van der Waals surface area (Å²) in [6.45, 7) is 6.49. The number of carbonyl (C=O) groups excluding carboxylic acids is 1. The van der Waals surface area contributed by atoms with Crippen LogP contribution in [-0.2, 0) is 9.53 Å². The fraction of sp³-hybridized carbons (Fsp3) is 0.300. The second-order valence-electron chi connectivity index (χ2n) is 5.79. The van der Waals surface area contributed by atoms with Crippen LogP contribution in [0.2, 0.25) is 0 Å². The summed E-state index contributed by atoms with van der Waals surface area (Å²) in [6, 6.07) is 8.89. The van der Waals surface area contributed by atoms with Crippen molar-refractivity contribution in [1.29, 1.82) is 0 Å². The number of benzene rings is 1. The molecular formula is C20H21NO5. The zero-order chi connectivity index (χ0) is 18.5. The Hall–Kier alpha value is -3.02. The van der Waals surface area contributed by atoms with Gasteiger partial charge in [-0.1, -0.05) is 13.0 Å². The third-order valence-corrected chi connectivity index (χ3v) is 3.83. The molecule has 0 saturated carbocycles. The molecule has 2 heterocycles. The Labute approximate surface area is 152 Å². The fourth-order valence-electron chi connectivity index (χ4n) is 2.35. The van der Waals surface area contributed by atoms with Crippen LogP contribution in [0.25, 0.3) is 6.08 Å². The fourth-order valence-corrected chi connectivity index (χ4v) is 2.35. The van der Waals surface area contributed by atoms with E-state index in [-0.39, 0.29) is 17.7 Å². The Morgan fingerprint density at radius 1 is 1.23 bits per heavy atom. The van der Waals surface area contributed by atoms with E-state index in [1.807, 2.05) is 32.0 Å². The highest BCUT2D eigenvalue weighted by atomic mass is 16.6. The van der Waals surface area contributed by atoms with E-state index in [0.29, 0.717) is 23.9 Å². The second-order valence-corrected chi connectivity index (χ2v) is 5.79. The van der Waals surface area contributed by atoms with Crippen LogP contribution in [0.4, 0.5) is 0 Å². The maximum atomic E-state index is 12.0. The van der Waals surface area contributed by atoms with E-state index in [4.69, 9.17) is 18.6 Å². The van der Waals surface area contributed by atoms with Gasteiger partial charge in [0.1, 0.15) is 0 Å². The first kappa shape index (κ1) is 17.8. The second kappa shape index (κ2) is 7.91. The molecule has 3 rings (SSSR count). The number of esters is 1. The van der Waals surface area contributed by atoms with Crippen molar-refractivity contribution in [3.8, 4) is 11.5 Å². The van der Waals surface area contributed by atoms with E-state index >= 15 is 0 Å². The van der Waals surface area contributed by atoms with Crippen molar-refractivity contribution in [2.24, 2.45) is 4.99 Å². The predicted molar refractivity (Wildman–Crippen MR) is 97.3 cm³/mol. The standard InChI is InChI=1S/C20H21NO5/c1-4-13(3)25-16-9-8-14(12-18(16)23-5-2)11-15-20(22)26-19(21-15)17-7-6-10-24-17/h6-13H,4-5H2,1-3H3/b15-11-. The summed E-state index contributed by atoms with van der Waals surface area (Å²) in [5, 5.41) is 0. The van der Waals surface area contributed by atoms with E-state index in [0.717, 1.165) is 12.0 Å². The monoisotopic (exact) mass is 355 g/mol. The smallest absolute Gasteiger partial charge is 0.363 e. The molecule has 0 saturated heterocycles. The van der Waals surface area contributed by atoms with E-state index in [1.165, 1.54) is 6.26 Å². The van der Waals surface area contributed by atoms with Crippen LogP contribution in [0.3, 0.4) is 0 Å². The number of cyclic esters (lactones) is 1. The van der Waals surface area contributed by atoms with Crippen molar-refractivity contribution in [1.82, 2.24) is 0 Å². The van der Waals surface area contributed by atoms with Crippen molar-refractivity contribution in [3.05, 3.63) is 53.6 Å². The molecular weight excluding hydrogens is 334 g/mol. The highest BCUT2D eigenvalue weighted by Gasteiger charge is 2.25. The average Bonchev–Trinajstić information content (AvgIpc) is 3.28. The van der Waals surface area contributed by atoms with Crippen LogP contribution < -0.4 is 9.47 Å². The normalized spacial score (nSPS) is 16.3. The number of hydrogen-bond donors (Lipinski definition) is 0. The van der Waals surface area contributed by atoms with Gasteiger partial charge in [0.15, 0.2) is 23.0 Å². The Kier molecular flexibility index (Phi) is 5.41. The van der Waals surface area contributed by atoms with Gasteiger partial charge in [-0.3, -0.25) is 0 Å². The predicted octanol–water partition coefficient (Wildman–Crippen LogP) is 4.20. The highest BCUT2D eigenvalue weighted by Crippen LogP contribution is 2.31. The maximum Gasteiger partial charge on any atom is 0.363 e. The van der Waals surface area contributed by atoms with Crippen LogP contribution in [0.5, 0.6) is 11.5 Å². The summed E-state index contributed by atoms with van der Waals surface area (Å²) in [6.07, 6.45) is 4.13. The lowest BCUT2D eigenvalue weighted by molar-refractivity contribution is -0.130. The van der Waals surface area contributed by atoms with Crippen molar-refractivity contribution >= 4 is 17.9 Å². The molecule has 0 fully saturated rings. The van der Waals surface area contributed by atoms with Crippen LogP contribution >= 0.6 is 0 Å². The third kappa shape index (κ3) is 3.96. The van der Waals surface area contributed by atoms with Crippen molar-refractivity contribution in [2.75, 3.05) is 6.61 Å². The third-order valence-electron chi connectivity index (χ3n) is 3.83. The van der Waals surface area contributed by atoms with Crippen LogP contribution in [0, 0.1) is 0 Å². The molecule has 6 heteroatoms. The molecule has 6 nitrogen and oxygen atoms in total. The van der Waals surface area contributed by atoms with Gasteiger partial charge in [-0.15, -0.1) is 0 Å². The van der Waals surface area contributed by atoms with Gasteiger partial charge in [0.2, 0.25) is 0 Å². The number of furan rings is 1. The Balaban J connectivity index is 1.88. The van der Waals surface area contributed by atoms with Crippen LogP contribution in [0.1, 0.15) is 38.5 Å². The molecule has 0 aliphatic carbocycles. The first-order chi connectivity index (χ1) is 12.6. The van der Waals surface area contributed by atoms with Gasteiger partial charge in [-0.05, 0) is 56.2 Å². The summed E-state index contributed by atoms with van der Waals surface area (Å²) in [7, 11) is 0. The Bertz CT molecular complexity index is 836. The molecule has 0 N–H and O–H groups in total. The van der Waals surface area contributed by atoms with Crippen LogP contribution in [-0.4, -0.2) is 24.6 Å². The zero-order valence-electron chi connectivity index (χ0n) is 15.0. The molecule has 1 aliphatic heterocycles. The Morgan fingerprint density at radius 3 is 2.77 bits per heavy atom. The number of rotatable bonds is 7. The van der Waals surface area contributed by atoms with Gasteiger partial charge in [0.05, 0.1) is 19.0 Å². The summed E-state index contributed by atoms with van der Waals surface area (Å²) < 4.78 is 21.9. The largest absolute Gasteiger partial charge is 0.490 e. The molecule has 0 spiro atoms. The van der Waals surface area contributed by atoms with E-state index < -0.39 is 5.97 Å². The van der Waals surface area contributed by atoms with Crippen molar-refractivity contribution < 1.29 is 23.4 Å². The van der Waals surface area contributed by atoms with Gasteiger partial charge in [0, 0.05) is 0 Å². The lowest BCUT2D eigenvalue weighted by Gasteiger charge is -2.16. The topological polar surface area (TPSA) is 70.3 Å². The number of ether oxygens (including phenoxy) is 3. The number of hydrogen-bond acceptors (Lipinski definition) is 6. The maximum absolute atomic E-state index is 12.0. The number of nitrogens with zero attached hydrogens (tertiary/aromatic N) is 1. The Morgan fingerprint density at radius 2 is 2.08 bits per heavy atom. The van der Waals surface area contributed by atoms with Gasteiger partial charge in [-0.2, -0.15) is 0 Å². The number of carbonyl (C=O) groups is 1. The van der Waals surface area contributed by atoms with Gasteiger partial charge in [0.25, 0.3) is 5.90 Å². The van der Waals surface area contributed by atoms with Crippen molar-refractivity contribution in [3.63, 3.8) is 0 Å². The minimum atomic E-state index is -0.519. The molecule has 1 unspecified atom stereocenters. The molecule has 1 aromatic carbocycles. The average molecular weight is 355 g/mol. The van der Waals surface area contributed by atoms with Crippen molar-refractivity contribution in [2.45, 2.75) is 33.3 Å². The van der Waals surface area contributed by atoms with Gasteiger partial charge < -0.3 is 18.6 Å². The summed E-state index contributed by atoms with van der Waals surface area (Å²) in [5.74, 6) is 1.36.